The van der Waals surface area contributed by atoms with Gasteiger partial charge in [-0.05, 0) is 55.5 Å². The normalized spacial score (nSPS) is 14.6. The zero-order valence-electron chi connectivity index (χ0n) is 20.6. The third-order valence-electron chi connectivity index (χ3n) is 5.97. The van der Waals surface area contributed by atoms with Crippen LogP contribution in [0.25, 0.3) is 33.8 Å². The number of thiophene rings is 1. The van der Waals surface area contributed by atoms with Gasteiger partial charge in [0.05, 0.1) is 28.3 Å². The van der Waals surface area contributed by atoms with E-state index in [1.54, 1.807) is 17.5 Å². The predicted octanol–water partition coefficient (Wildman–Crippen LogP) is 3.13. The van der Waals surface area contributed by atoms with Crippen molar-refractivity contribution in [1.82, 2.24) is 30.4 Å². The van der Waals surface area contributed by atoms with E-state index in [-0.39, 0.29) is 11.9 Å². The molecule has 8 nitrogen and oxygen atoms in total. The molecule has 0 fully saturated rings. The van der Waals surface area contributed by atoms with Crippen LogP contribution in [0, 0.1) is 0 Å². The van der Waals surface area contributed by atoms with Crippen LogP contribution in [0.15, 0.2) is 48.1 Å². The van der Waals surface area contributed by atoms with Crippen molar-refractivity contribution in [2.75, 3.05) is 11.9 Å². The Morgan fingerprint density at radius 1 is 1.25 bits per heavy atom. The maximum absolute atomic E-state index is 12.2. The monoisotopic (exact) mass is 499 g/mol. The highest BCUT2D eigenvalue weighted by atomic mass is 32.1. The molecule has 0 spiro atoms. The van der Waals surface area contributed by atoms with Crippen LogP contribution in [0.4, 0.5) is 5.82 Å². The molecular weight excluding hydrogens is 470 g/mol. The van der Waals surface area contributed by atoms with Gasteiger partial charge in [-0.2, -0.15) is 5.10 Å². The van der Waals surface area contributed by atoms with Gasteiger partial charge < -0.3 is 10.6 Å². The van der Waals surface area contributed by atoms with Crippen molar-refractivity contribution in [3.8, 4) is 11.4 Å². The molecule has 3 aromatic heterocycles. The number of amides is 1. The van der Waals surface area contributed by atoms with Crippen LogP contribution in [0.5, 0.6) is 0 Å². The average Bonchev–Trinajstić information content (AvgIpc) is 3.56. The number of nitrogens with zero attached hydrogens (tertiary/aromatic N) is 4. The Morgan fingerprint density at radius 3 is 2.89 bits per heavy atom. The molecule has 184 valence electrons. The molecule has 0 saturated carbocycles. The second-order valence-corrected chi connectivity index (χ2v) is 10.1. The molecule has 0 aliphatic carbocycles. The summed E-state index contributed by atoms with van der Waals surface area (Å²) in [6.45, 7) is 12.0. The van der Waals surface area contributed by atoms with E-state index in [1.807, 2.05) is 44.4 Å². The van der Waals surface area contributed by atoms with Gasteiger partial charge >= 0.3 is 0 Å². The largest absolute Gasteiger partial charge is 0.353 e. The summed E-state index contributed by atoms with van der Waals surface area (Å²) in [5, 5.41) is 17.3. The van der Waals surface area contributed by atoms with Gasteiger partial charge in [0.1, 0.15) is 0 Å². The summed E-state index contributed by atoms with van der Waals surface area (Å²) in [5.74, 6) is 1.43. The van der Waals surface area contributed by atoms with Crippen molar-refractivity contribution in [2.24, 2.45) is 0 Å². The molecular formula is C27H29N7OS. The summed E-state index contributed by atoms with van der Waals surface area (Å²) >= 11 is 1.59. The van der Waals surface area contributed by atoms with Crippen LogP contribution >= 0.6 is 11.3 Å². The maximum atomic E-state index is 12.2. The molecule has 1 aliphatic rings. The smallest absolute Gasteiger partial charge is 0.234 e. The lowest BCUT2D eigenvalue weighted by molar-refractivity contribution is -0.122. The van der Waals surface area contributed by atoms with E-state index in [4.69, 9.17) is 9.97 Å². The molecule has 0 bridgehead atoms. The van der Waals surface area contributed by atoms with E-state index in [0.717, 1.165) is 45.3 Å². The number of carbonyl (C=O) groups excluding carboxylic acids is 1. The first-order valence-electron chi connectivity index (χ1n) is 11.9. The summed E-state index contributed by atoms with van der Waals surface area (Å²) < 4.78 is 0.978. The number of hydrogen-bond donors (Lipinski definition) is 3. The fourth-order valence-corrected chi connectivity index (χ4v) is 5.17. The number of nitrogens with one attached hydrogen (secondary N) is 3. The van der Waals surface area contributed by atoms with Crippen molar-refractivity contribution in [3.05, 3.63) is 69.8 Å². The van der Waals surface area contributed by atoms with Crippen LogP contribution in [-0.4, -0.2) is 43.6 Å². The van der Waals surface area contributed by atoms with Crippen LogP contribution in [0.2, 0.25) is 0 Å². The van der Waals surface area contributed by atoms with Gasteiger partial charge in [-0.15, -0.1) is 11.3 Å². The summed E-state index contributed by atoms with van der Waals surface area (Å²) in [7, 11) is 0. The van der Waals surface area contributed by atoms with E-state index in [2.05, 4.69) is 50.5 Å². The Bertz CT molecular complexity index is 1570. The Hall–Kier alpha value is -3.82. The first-order valence-corrected chi connectivity index (χ1v) is 12.8. The molecule has 36 heavy (non-hydrogen) atoms. The number of fused-ring (bicyclic) bond motifs is 2. The fourth-order valence-electron chi connectivity index (χ4n) is 4.39. The van der Waals surface area contributed by atoms with E-state index < -0.39 is 0 Å². The minimum absolute atomic E-state index is 0.0522. The molecule has 0 unspecified atom stereocenters. The number of H-pyrrole nitrogens is 1. The zero-order chi connectivity index (χ0) is 25.2. The number of allylic oxidation sites excluding steroid dienone is 1. The first-order chi connectivity index (χ1) is 17.4. The Labute approximate surface area is 213 Å². The molecule has 9 heteroatoms. The van der Waals surface area contributed by atoms with Crippen LogP contribution in [0.3, 0.4) is 0 Å². The van der Waals surface area contributed by atoms with Crippen molar-refractivity contribution >= 4 is 45.4 Å². The molecule has 5 rings (SSSR count). The van der Waals surface area contributed by atoms with E-state index in [9.17, 15) is 4.79 Å². The summed E-state index contributed by atoms with van der Waals surface area (Å²) in [5.41, 5.74) is 4.99. The topological polar surface area (TPSA) is 98.8 Å². The van der Waals surface area contributed by atoms with Gasteiger partial charge in [-0.1, -0.05) is 24.8 Å². The quantitative estimate of drug-likeness (QED) is 0.361. The van der Waals surface area contributed by atoms with Crippen LogP contribution < -0.4 is 21.2 Å². The van der Waals surface area contributed by atoms with Crippen molar-refractivity contribution in [1.29, 1.82) is 0 Å². The van der Waals surface area contributed by atoms with Gasteiger partial charge in [0, 0.05) is 35.6 Å². The Balaban J connectivity index is 1.40. The van der Waals surface area contributed by atoms with Gasteiger partial charge in [0.15, 0.2) is 11.6 Å². The SMILES string of the molecule is C=C(/C=c1/cn[nH]/c1=C/C)Nc1nc(-c2ccc3c(c2)CN(CC(=O)NC(C)C)C3)nc2ccsc12. The Kier molecular flexibility index (Phi) is 6.67. The zero-order valence-corrected chi connectivity index (χ0v) is 21.4. The molecule has 1 aliphatic heterocycles. The van der Waals surface area contributed by atoms with Crippen molar-refractivity contribution in [2.45, 2.75) is 39.9 Å². The van der Waals surface area contributed by atoms with Gasteiger partial charge in [-0.3, -0.25) is 14.8 Å². The predicted molar refractivity (Wildman–Crippen MR) is 145 cm³/mol. The molecule has 1 aromatic carbocycles. The summed E-state index contributed by atoms with van der Waals surface area (Å²) in [4.78, 5) is 24.1. The lowest BCUT2D eigenvalue weighted by Crippen LogP contribution is -2.38. The third kappa shape index (κ3) is 5.07. The van der Waals surface area contributed by atoms with Gasteiger partial charge in [0.25, 0.3) is 0 Å². The van der Waals surface area contributed by atoms with Gasteiger partial charge in [-0.25, -0.2) is 9.97 Å². The number of anilines is 1. The number of hydrogen-bond acceptors (Lipinski definition) is 7. The summed E-state index contributed by atoms with van der Waals surface area (Å²) in [6.07, 6.45) is 5.69. The lowest BCUT2D eigenvalue weighted by Gasteiger charge is -2.15. The minimum atomic E-state index is 0.0522. The average molecular weight is 500 g/mol. The highest BCUT2D eigenvalue weighted by Crippen LogP contribution is 2.32. The van der Waals surface area contributed by atoms with E-state index in [0.29, 0.717) is 18.1 Å². The number of rotatable bonds is 7. The standard InChI is InChI=1S/C27H29N7OS/c1-5-22-20(12-28-33-22)10-17(4)30-27-25-23(8-9-36-25)31-26(32-27)18-6-7-19-13-34(14-21(19)11-18)15-24(35)29-16(2)3/h5-12,16,33H,4,13-15H2,1-3H3,(H,29,35)(H,30,31,32)/b20-10-,22-5+. The molecule has 1 amide bonds. The summed E-state index contributed by atoms with van der Waals surface area (Å²) in [6, 6.07) is 8.47. The van der Waals surface area contributed by atoms with Crippen molar-refractivity contribution < 1.29 is 4.79 Å². The first kappa shape index (κ1) is 23.9. The molecule has 0 atom stereocenters. The molecule has 4 aromatic rings. The van der Waals surface area contributed by atoms with Crippen LogP contribution in [0.1, 0.15) is 31.9 Å². The number of aromatic amines is 1. The minimum Gasteiger partial charge on any atom is -0.353 e. The van der Waals surface area contributed by atoms with Crippen LogP contribution in [-0.2, 0) is 17.9 Å². The fraction of sp³-hybridized carbons (Fsp3) is 0.259. The number of carbonyl (C=O) groups is 1. The molecule has 4 heterocycles. The Morgan fingerprint density at radius 2 is 2.08 bits per heavy atom. The third-order valence-corrected chi connectivity index (χ3v) is 6.88. The van der Waals surface area contributed by atoms with Gasteiger partial charge in [0.2, 0.25) is 5.91 Å². The van der Waals surface area contributed by atoms with E-state index in [1.165, 1.54) is 11.1 Å². The maximum Gasteiger partial charge on any atom is 0.234 e. The number of benzene rings is 1. The molecule has 0 radical (unpaired) electrons. The second-order valence-electron chi connectivity index (χ2n) is 9.20. The van der Waals surface area contributed by atoms with Crippen molar-refractivity contribution in [3.63, 3.8) is 0 Å². The molecule has 3 N–H and O–H groups in total. The number of aromatic nitrogens is 4. The highest BCUT2D eigenvalue weighted by Gasteiger charge is 2.22. The lowest BCUT2D eigenvalue weighted by atomic mass is 10.1. The van der Waals surface area contributed by atoms with E-state index >= 15 is 0 Å². The second kappa shape index (κ2) is 10.0. The highest BCUT2D eigenvalue weighted by molar-refractivity contribution is 7.17. The molecule has 0 saturated heterocycles.